The van der Waals surface area contributed by atoms with Gasteiger partial charge in [0.1, 0.15) is 11.5 Å². The molecule has 3 rings (SSSR count). The number of likely N-dealkylation sites (tertiary alicyclic amines) is 1. The first-order valence-corrected chi connectivity index (χ1v) is 6.30. The molecule has 6 heteroatoms. The molecule has 2 amide bonds. The minimum atomic E-state index is -0.325. The maximum atomic E-state index is 12.2. The van der Waals surface area contributed by atoms with E-state index in [0.29, 0.717) is 18.8 Å². The molecule has 0 bridgehead atoms. The molecule has 1 saturated heterocycles. The van der Waals surface area contributed by atoms with Crippen molar-refractivity contribution in [2.75, 3.05) is 13.1 Å². The van der Waals surface area contributed by atoms with E-state index < -0.39 is 0 Å². The van der Waals surface area contributed by atoms with Crippen LogP contribution in [-0.4, -0.2) is 39.4 Å². The molecule has 0 unspecified atom stereocenters. The molecule has 6 nitrogen and oxygen atoms in total. The second-order valence-electron chi connectivity index (χ2n) is 4.98. The van der Waals surface area contributed by atoms with Crippen molar-refractivity contribution in [3.05, 3.63) is 17.7 Å². The number of carbonyl (C=O) groups is 2. The highest BCUT2D eigenvalue weighted by molar-refractivity contribution is 5.94. The molecule has 0 aliphatic carbocycles. The Morgan fingerprint density at radius 3 is 2.83 bits per heavy atom. The van der Waals surface area contributed by atoms with Crippen LogP contribution in [0, 0.1) is 5.92 Å². The van der Waals surface area contributed by atoms with Crippen LogP contribution in [0.4, 0.5) is 0 Å². The molecule has 1 aromatic rings. The summed E-state index contributed by atoms with van der Waals surface area (Å²) in [6, 6.07) is 0. The lowest BCUT2D eigenvalue weighted by molar-refractivity contribution is -0.125. The van der Waals surface area contributed by atoms with E-state index in [1.165, 1.54) is 0 Å². The summed E-state index contributed by atoms with van der Waals surface area (Å²) in [5.74, 6) is 0.455. The Balaban J connectivity index is 1.74. The Bertz CT molecular complexity index is 502. The van der Waals surface area contributed by atoms with Crippen molar-refractivity contribution in [1.82, 2.24) is 14.5 Å². The van der Waals surface area contributed by atoms with Crippen molar-refractivity contribution >= 4 is 11.8 Å². The number of primary amides is 1. The van der Waals surface area contributed by atoms with Crippen LogP contribution in [0.2, 0.25) is 0 Å². The molecule has 1 fully saturated rings. The van der Waals surface area contributed by atoms with Gasteiger partial charge in [0.25, 0.3) is 5.91 Å². The van der Waals surface area contributed by atoms with Crippen molar-refractivity contribution in [1.29, 1.82) is 0 Å². The number of rotatable bonds is 2. The van der Waals surface area contributed by atoms with Crippen LogP contribution in [0.15, 0.2) is 6.20 Å². The molecule has 0 atom stereocenters. The highest BCUT2D eigenvalue weighted by Crippen LogP contribution is 2.21. The van der Waals surface area contributed by atoms with Crippen LogP contribution >= 0.6 is 0 Å². The summed E-state index contributed by atoms with van der Waals surface area (Å²) in [5.41, 5.74) is 5.84. The van der Waals surface area contributed by atoms with Gasteiger partial charge in [-0.1, -0.05) is 0 Å². The molecule has 18 heavy (non-hydrogen) atoms. The van der Waals surface area contributed by atoms with Crippen LogP contribution in [0.1, 0.15) is 29.2 Å². The average Bonchev–Trinajstić information content (AvgIpc) is 2.69. The number of imidazole rings is 1. The minimum Gasteiger partial charge on any atom is -0.369 e. The first-order chi connectivity index (χ1) is 8.66. The van der Waals surface area contributed by atoms with Gasteiger partial charge in [0.2, 0.25) is 5.91 Å². The predicted octanol–water partition coefficient (Wildman–Crippen LogP) is -0.223. The number of nitrogens with two attached hydrogens (primary N) is 1. The normalized spacial score (nSPS) is 19.2. The zero-order chi connectivity index (χ0) is 12.7. The molecule has 0 radical (unpaired) electrons. The standard InChI is InChI=1S/C12H16N4O2/c13-11(17)8-6-15(7-8)12(18)9-5-14-10-3-1-2-4-16(9)10/h5,8H,1-4,6-7H2,(H2,13,17). The largest absolute Gasteiger partial charge is 0.369 e. The van der Waals surface area contributed by atoms with E-state index in [2.05, 4.69) is 4.98 Å². The third-order valence-corrected chi connectivity index (χ3v) is 3.76. The van der Waals surface area contributed by atoms with Crippen LogP contribution in [0.3, 0.4) is 0 Å². The number of fused-ring (bicyclic) bond motifs is 1. The maximum Gasteiger partial charge on any atom is 0.272 e. The summed E-state index contributed by atoms with van der Waals surface area (Å²) in [6.07, 6.45) is 4.82. The van der Waals surface area contributed by atoms with Crippen molar-refractivity contribution in [2.24, 2.45) is 11.7 Å². The fourth-order valence-electron chi connectivity index (χ4n) is 2.57. The quantitative estimate of drug-likeness (QED) is 0.785. The van der Waals surface area contributed by atoms with E-state index in [9.17, 15) is 9.59 Å². The molecule has 2 N–H and O–H groups in total. The van der Waals surface area contributed by atoms with Crippen molar-refractivity contribution in [3.63, 3.8) is 0 Å². The van der Waals surface area contributed by atoms with Gasteiger partial charge in [-0.3, -0.25) is 9.59 Å². The average molecular weight is 248 g/mol. The van der Waals surface area contributed by atoms with E-state index >= 15 is 0 Å². The Hall–Kier alpha value is -1.85. The number of carbonyl (C=O) groups excluding carboxylic acids is 2. The number of aromatic nitrogens is 2. The summed E-state index contributed by atoms with van der Waals surface area (Å²) >= 11 is 0. The van der Waals surface area contributed by atoms with E-state index in [-0.39, 0.29) is 17.7 Å². The van der Waals surface area contributed by atoms with Gasteiger partial charge in [0.05, 0.1) is 12.1 Å². The second-order valence-corrected chi connectivity index (χ2v) is 4.98. The van der Waals surface area contributed by atoms with Gasteiger partial charge < -0.3 is 15.2 Å². The molecule has 0 saturated carbocycles. The molecule has 3 heterocycles. The van der Waals surface area contributed by atoms with E-state index in [0.717, 1.165) is 31.6 Å². The second kappa shape index (κ2) is 4.12. The lowest BCUT2D eigenvalue weighted by Gasteiger charge is -2.37. The van der Waals surface area contributed by atoms with Gasteiger partial charge >= 0.3 is 0 Å². The lowest BCUT2D eigenvalue weighted by Crippen LogP contribution is -2.55. The summed E-state index contributed by atoms with van der Waals surface area (Å²) in [6.45, 7) is 1.74. The predicted molar refractivity (Wildman–Crippen MR) is 63.8 cm³/mol. The summed E-state index contributed by atoms with van der Waals surface area (Å²) < 4.78 is 2.00. The van der Waals surface area contributed by atoms with Crippen LogP contribution in [-0.2, 0) is 17.8 Å². The molecule has 2 aliphatic heterocycles. The Morgan fingerprint density at radius 1 is 1.33 bits per heavy atom. The molecular formula is C12H16N4O2. The zero-order valence-electron chi connectivity index (χ0n) is 10.1. The van der Waals surface area contributed by atoms with E-state index in [1.54, 1.807) is 11.1 Å². The highest BCUT2D eigenvalue weighted by atomic mass is 16.2. The minimum absolute atomic E-state index is 0.0341. The van der Waals surface area contributed by atoms with Gasteiger partial charge in [-0.25, -0.2) is 4.98 Å². The zero-order valence-corrected chi connectivity index (χ0v) is 10.1. The Labute approximate surface area is 105 Å². The van der Waals surface area contributed by atoms with Gasteiger partial charge in [0, 0.05) is 26.1 Å². The fraction of sp³-hybridized carbons (Fsp3) is 0.583. The van der Waals surface area contributed by atoms with Crippen LogP contribution in [0.25, 0.3) is 0 Å². The maximum absolute atomic E-state index is 12.2. The molecular weight excluding hydrogens is 232 g/mol. The first-order valence-electron chi connectivity index (χ1n) is 6.30. The molecule has 0 spiro atoms. The number of aryl methyl sites for hydroxylation is 1. The Kier molecular flexibility index (Phi) is 2.57. The molecule has 0 aromatic carbocycles. The molecule has 96 valence electrons. The van der Waals surface area contributed by atoms with E-state index in [4.69, 9.17) is 5.73 Å². The topological polar surface area (TPSA) is 81.2 Å². The number of hydrogen-bond acceptors (Lipinski definition) is 3. The third-order valence-electron chi connectivity index (χ3n) is 3.76. The van der Waals surface area contributed by atoms with Gasteiger partial charge in [-0.15, -0.1) is 0 Å². The smallest absolute Gasteiger partial charge is 0.272 e. The molecule has 2 aliphatic rings. The van der Waals surface area contributed by atoms with Crippen LogP contribution in [0.5, 0.6) is 0 Å². The van der Waals surface area contributed by atoms with Gasteiger partial charge in [0.15, 0.2) is 0 Å². The summed E-state index contributed by atoms with van der Waals surface area (Å²) in [7, 11) is 0. The van der Waals surface area contributed by atoms with Gasteiger partial charge in [-0.2, -0.15) is 0 Å². The fourth-order valence-corrected chi connectivity index (χ4v) is 2.57. The first kappa shape index (κ1) is 11.3. The van der Waals surface area contributed by atoms with Crippen molar-refractivity contribution < 1.29 is 9.59 Å². The van der Waals surface area contributed by atoms with Crippen molar-refractivity contribution in [3.8, 4) is 0 Å². The van der Waals surface area contributed by atoms with Gasteiger partial charge in [-0.05, 0) is 12.8 Å². The SMILES string of the molecule is NC(=O)C1CN(C(=O)c2cnc3n2CCCC3)C1. The number of nitrogens with zero attached hydrogens (tertiary/aromatic N) is 3. The van der Waals surface area contributed by atoms with E-state index in [1.807, 2.05) is 4.57 Å². The van der Waals surface area contributed by atoms with Crippen LogP contribution < -0.4 is 5.73 Å². The van der Waals surface area contributed by atoms with Crippen molar-refractivity contribution in [2.45, 2.75) is 25.8 Å². The number of amides is 2. The third kappa shape index (κ3) is 1.68. The summed E-state index contributed by atoms with van der Waals surface area (Å²) in [5, 5.41) is 0. The monoisotopic (exact) mass is 248 g/mol. The Morgan fingerprint density at radius 2 is 2.11 bits per heavy atom. The molecule has 1 aromatic heterocycles. The summed E-state index contributed by atoms with van der Waals surface area (Å²) in [4.78, 5) is 29.1. The lowest BCUT2D eigenvalue weighted by atomic mass is 9.99. The number of hydrogen-bond donors (Lipinski definition) is 1. The highest BCUT2D eigenvalue weighted by Gasteiger charge is 2.36.